The van der Waals surface area contributed by atoms with Crippen molar-refractivity contribution < 1.29 is 9.59 Å². The smallest absolute Gasteiger partial charge is 0.312 e. The van der Waals surface area contributed by atoms with Crippen molar-refractivity contribution in [2.24, 2.45) is 11.1 Å². The summed E-state index contributed by atoms with van der Waals surface area (Å²) >= 11 is 0. The van der Waals surface area contributed by atoms with Crippen LogP contribution in [0.5, 0.6) is 0 Å². The van der Waals surface area contributed by atoms with Crippen molar-refractivity contribution in [3.63, 3.8) is 0 Å². The van der Waals surface area contributed by atoms with E-state index in [0.717, 1.165) is 16.7 Å². The standard InChI is InChI=1S/C30H36N6O2/c1-30(2,27(36(3)4)22-11-9-20(10-12-22)17-18-31)19-26(35-29(33)38)21-13-15-23(16-14-21)28(37)34-25-8-6-5-7-24(25)32/h5-16,26-27H,17,19,32H2,1-4H3,(H,34,37)(H3,33,35,38). The summed E-state index contributed by atoms with van der Waals surface area (Å²) in [5.41, 5.74) is 15.6. The molecule has 3 aromatic rings. The monoisotopic (exact) mass is 512 g/mol. The maximum atomic E-state index is 12.8. The van der Waals surface area contributed by atoms with Crippen molar-refractivity contribution in [1.82, 2.24) is 10.2 Å². The molecule has 3 aromatic carbocycles. The maximum Gasteiger partial charge on any atom is 0.312 e. The number of rotatable bonds is 10. The summed E-state index contributed by atoms with van der Waals surface area (Å²) in [6, 6.07) is 23.5. The number of carbonyl (C=O) groups is 2. The summed E-state index contributed by atoms with van der Waals surface area (Å²) in [5, 5.41) is 14.7. The molecule has 6 N–H and O–H groups in total. The van der Waals surface area contributed by atoms with Gasteiger partial charge in [-0.1, -0.05) is 62.4 Å². The quantitative estimate of drug-likeness (QED) is 0.283. The van der Waals surface area contributed by atoms with E-state index in [1.165, 1.54) is 0 Å². The van der Waals surface area contributed by atoms with Gasteiger partial charge < -0.3 is 27.0 Å². The lowest BCUT2D eigenvalue weighted by Gasteiger charge is -2.41. The average molecular weight is 513 g/mol. The Labute approximate surface area is 224 Å². The number of para-hydroxylation sites is 2. The van der Waals surface area contributed by atoms with Crippen LogP contribution in [0.1, 0.15) is 59.4 Å². The van der Waals surface area contributed by atoms with E-state index in [2.05, 4.69) is 47.6 Å². The van der Waals surface area contributed by atoms with Gasteiger partial charge in [-0.2, -0.15) is 5.26 Å². The minimum absolute atomic E-state index is 0.0252. The van der Waals surface area contributed by atoms with Gasteiger partial charge >= 0.3 is 6.03 Å². The fourth-order valence-corrected chi connectivity index (χ4v) is 5.09. The molecule has 0 bridgehead atoms. The van der Waals surface area contributed by atoms with E-state index < -0.39 is 6.03 Å². The molecular weight excluding hydrogens is 476 g/mol. The molecule has 0 heterocycles. The van der Waals surface area contributed by atoms with E-state index in [9.17, 15) is 9.59 Å². The first-order valence-corrected chi connectivity index (χ1v) is 12.5. The lowest BCUT2D eigenvalue weighted by atomic mass is 9.74. The van der Waals surface area contributed by atoms with E-state index in [4.69, 9.17) is 16.7 Å². The first-order valence-electron chi connectivity index (χ1n) is 12.5. The molecule has 3 rings (SSSR count). The van der Waals surface area contributed by atoms with Crippen LogP contribution in [0.15, 0.2) is 72.8 Å². The van der Waals surface area contributed by atoms with E-state index in [-0.39, 0.29) is 23.4 Å². The highest BCUT2D eigenvalue weighted by Crippen LogP contribution is 2.43. The van der Waals surface area contributed by atoms with E-state index >= 15 is 0 Å². The maximum absolute atomic E-state index is 12.8. The van der Waals surface area contributed by atoms with Crippen LogP contribution in [0.25, 0.3) is 0 Å². The van der Waals surface area contributed by atoms with Crippen LogP contribution in [0.2, 0.25) is 0 Å². The number of hydrogen-bond donors (Lipinski definition) is 4. The molecule has 0 saturated carbocycles. The topological polar surface area (TPSA) is 137 Å². The number of amides is 3. The molecule has 0 fully saturated rings. The van der Waals surface area contributed by atoms with Crippen molar-refractivity contribution in [1.29, 1.82) is 5.26 Å². The second kappa shape index (κ2) is 12.3. The van der Waals surface area contributed by atoms with Crippen LogP contribution in [0.3, 0.4) is 0 Å². The number of nitrogens with two attached hydrogens (primary N) is 2. The van der Waals surface area contributed by atoms with Gasteiger partial charge in [0.05, 0.1) is 29.9 Å². The second-order valence-corrected chi connectivity index (χ2v) is 10.4. The number of primary amides is 1. The third-order valence-electron chi connectivity index (χ3n) is 6.67. The number of carbonyl (C=O) groups excluding carboxylic acids is 2. The predicted octanol–water partition coefficient (Wildman–Crippen LogP) is 5.02. The number of nitrogen functional groups attached to an aromatic ring is 1. The van der Waals surface area contributed by atoms with Crippen molar-refractivity contribution in [2.45, 2.75) is 38.8 Å². The van der Waals surface area contributed by atoms with Crippen molar-refractivity contribution in [2.75, 3.05) is 25.1 Å². The van der Waals surface area contributed by atoms with Gasteiger partial charge in [-0.15, -0.1) is 0 Å². The molecule has 8 heteroatoms. The van der Waals surface area contributed by atoms with Crippen LogP contribution in [0, 0.1) is 16.7 Å². The Morgan fingerprint density at radius 1 is 0.974 bits per heavy atom. The summed E-state index contributed by atoms with van der Waals surface area (Å²) in [6.07, 6.45) is 0.957. The molecule has 0 aromatic heterocycles. The van der Waals surface area contributed by atoms with Crippen LogP contribution >= 0.6 is 0 Å². The van der Waals surface area contributed by atoms with Gasteiger partial charge in [-0.3, -0.25) is 4.79 Å². The molecule has 38 heavy (non-hydrogen) atoms. The Bertz CT molecular complexity index is 1290. The molecule has 8 nitrogen and oxygen atoms in total. The summed E-state index contributed by atoms with van der Waals surface area (Å²) in [7, 11) is 4.05. The number of urea groups is 1. The number of nitrogens with one attached hydrogen (secondary N) is 2. The van der Waals surface area contributed by atoms with Crippen LogP contribution in [-0.2, 0) is 6.42 Å². The zero-order chi connectivity index (χ0) is 27.9. The minimum Gasteiger partial charge on any atom is -0.397 e. The van der Waals surface area contributed by atoms with Gasteiger partial charge in [0.2, 0.25) is 0 Å². The molecule has 0 aliphatic heterocycles. The number of nitriles is 1. The SMILES string of the molecule is CN(C)C(c1ccc(CC#N)cc1)C(C)(C)CC(NC(N)=O)c1ccc(C(=O)Nc2ccccc2N)cc1. The Balaban J connectivity index is 1.83. The van der Waals surface area contributed by atoms with E-state index in [1.54, 1.807) is 36.4 Å². The van der Waals surface area contributed by atoms with Crippen molar-refractivity contribution in [3.05, 3.63) is 95.1 Å². The van der Waals surface area contributed by atoms with E-state index in [0.29, 0.717) is 29.8 Å². The molecular formula is C30H36N6O2. The fraction of sp³-hybridized carbons (Fsp3) is 0.300. The summed E-state index contributed by atoms with van der Waals surface area (Å²) in [6.45, 7) is 4.31. The Kier molecular flexibility index (Phi) is 9.11. The fourth-order valence-electron chi connectivity index (χ4n) is 5.09. The number of nitrogens with zero attached hydrogens (tertiary/aromatic N) is 2. The second-order valence-electron chi connectivity index (χ2n) is 10.4. The third kappa shape index (κ3) is 7.11. The minimum atomic E-state index is -0.616. The molecule has 0 aliphatic carbocycles. The molecule has 3 amide bonds. The van der Waals surface area contributed by atoms with Gasteiger partial charge in [0, 0.05) is 11.6 Å². The highest BCUT2D eigenvalue weighted by Gasteiger charge is 2.35. The lowest BCUT2D eigenvalue weighted by Crippen LogP contribution is -2.40. The predicted molar refractivity (Wildman–Crippen MR) is 151 cm³/mol. The van der Waals surface area contributed by atoms with Crippen molar-refractivity contribution >= 4 is 23.3 Å². The number of benzene rings is 3. The number of anilines is 2. The third-order valence-corrected chi connectivity index (χ3v) is 6.67. The lowest BCUT2D eigenvalue weighted by molar-refractivity contribution is 0.102. The largest absolute Gasteiger partial charge is 0.397 e. The molecule has 2 atom stereocenters. The first kappa shape index (κ1) is 28.2. The molecule has 2 unspecified atom stereocenters. The van der Waals surface area contributed by atoms with Gasteiger partial charge in [0.25, 0.3) is 5.91 Å². The van der Waals surface area contributed by atoms with Crippen molar-refractivity contribution in [3.8, 4) is 6.07 Å². The molecule has 0 spiro atoms. The number of hydrogen-bond acceptors (Lipinski definition) is 5. The molecule has 0 radical (unpaired) electrons. The normalized spacial score (nSPS) is 12.8. The Hall–Kier alpha value is -4.35. The van der Waals surface area contributed by atoms with Crippen LogP contribution < -0.4 is 22.1 Å². The molecule has 0 aliphatic rings. The summed E-state index contributed by atoms with van der Waals surface area (Å²) in [4.78, 5) is 26.9. The van der Waals surface area contributed by atoms with Crippen LogP contribution in [0.4, 0.5) is 16.2 Å². The van der Waals surface area contributed by atoms with Gasteiger partial charge in [-0.25, -0.2) is 4.79 Å². The first-order chi connectivity index (χ1) is 18.0. The Morgan fingerprint density at radius 3 is 2.13 bits per heavy atom. The summed E-state index contributed by atoms with van der Waals surface area (Å²) < 4.78 is 0. The van der Waals surface area contributed by atoms with Gasteiger partial charge in [0.15, 0.2) is 0 Å². The Morgan fingerprint density at radius 2 is 1.58 bits per heavy atom. The molecule has 0 saturated heterocycles. The zero-order valence-corrected chi connectivity index (χ0v) is 22.4. The highest BCUT2D eigenvalue weighted by atomic mass is 16.2. The molecule has 198 valence electrons. The average Bonchev–Trinajstić information content (AvgIpc) is 2.85. The van der Waals surface area contributed by atoms with Crippen LogP contribution in [-0.4, -0.2) is 30.9 Å². The van der Waals surface area contributed by atoms with Gasteiger partial charge in [-0.05, 0) is 66.9 Å². The van der Waals surface area contributed by atoms with E-state index in [1.807, 2.05) is 38.4 Å². The highest BCUT2D eigenvalue weighted by molar-refractivity contribution is 6.05. The summed E-state index contributed by atoms with van der Waals surface area (Å²) in [5.74, 6) is -0.276. The zero-order valence-electron chi connectivity index (χ0n) is 22.4. The van der Waals surface area contributed by atoms with Gasteiger partial charge in [0.1, 0.15) is 0 Å².